The van der Waals surface area contributed by atoms with E-state index in [-0.39, 0.29) is 35.3 Å². The van der Waals surface area contributed by atoms with Crippen molar-refractivity contribution in [2.45, 2.75) is 0 Å². The standard InChI is InChI=1S/C7H7NO3S.Na/c1-11-8-6(7(9)10)5-3-2-4-12-5;/h2-4H,1H3,(H,9,10);/q;+1/p-1. The molecule has 0 spiro atoms. The molecule has 0 N–H and O–H groups in total. The number of aliphatic carboxylic acids is 1. The summed E-state index contributed by atoms with van der Waals surface area (Å²) in [6, 6.07) is 3.37. The van der Waals surface area contributed by atoms with Gasteiger partial charge >= 0.3 is 29.6 Å². The molecule has 1 heterocycles. The van der Waals surface area contributed by atoms with E-state index in [1.54, 1.807) is 17.5 Å². The summed E-state index contributed by atoms with van der Waals surface area (Å²) >= 11 is 1.27. The Hall–Kier alpha value is -0.360. The normalized spacial score (nSPS) is 10.4. The van der Waals surface area contributed by atoms with Crippen LogP contribution in [-0.2, 0) is 9.63 Å². The number of nitrogens with zero attached hydrogens (tertiary/aromatic N) is 1. The number of rotatable bonds is 3. The second-order valence-corrected chi connectivity index (χ2v) is 2.83. The van der Waals surface area contributed by atoms with Crippen molar-refractivity contribution in [3.05, 3.63) is 22.4 Å². The molecule has 6 heteroatoms. The Morgan fingerprint density at radius 3 is 2.77 bits per heavy atom. The van der Waals surface area contributed by atoms with Gasteiger partial charge in [-0.25, -0.2) is 0 Å². The molecule has 0 saturated carbocycles. The van der Waals surface area contributed by atoms with Crippen LogP contribution in [0, 0.1) is 0 Å². The van der Waals surface area contributed by atoms with Crippen LogP contribution >= 0.6 is 11.3 Å². The van der Waals surface area contributed by atoms with Crippen LogP contribution in [0.15, 0.2) is 22.7 Å². The summed E-state index contributed by atoms with van der Waals surface area (Å²) in [7, 11) is 1.29. The van der Waals surface area contributed by atoms with Crippen LogP contribution in [0.3, 0.4) is 0 Å². The maximum atomic E-state index is 10.5. The van der Waals surface area contributed by atoms with Gasteiger partial charge in [0.25, 0.3) is 0 Å². The molecule has 0 saturated heterocycles. The molecule has 1 rings (SSSR count). The summed E-state index contributed by atoms with van der Waals surface area (Å²) in [5.74, 6) is -1.33. The minimum absolute atomic E-state index is 0. The Balaban J connectivity index is 0.00000144. The smallest absolute Gasteiger partial charge is 0.543 e. The summed E-state index contributed by atoms with van der Waals surface area (Å²) < 4.78 is 0. The Morgan fingerprint density at radius 1 is 1.69 bits per heavy atom. The van der Waals surface area contributed by atoms with Crippen molar-refractivity contribution in [2.24, 2.45) is 5.16 Å². The largest absolute Gasteiger partial charge is 1.00 e. The zero-order chi connectivity index (χ0) is 8.97. The Labute approximate surface area is 101 Å². The van der Waals surface area contributed by atoms with Crippen LogP contribution in [0.25, 0.3) is 0 Å². The number of carboxylic acids is 1. The third kappa shape index (κ3) is 3.48. The van der Waals surface area contributed by atoms with Gasteiger partial charge in [0.1, 0.15) is 12.8 Å². The summed E-state index contributed by atoms with van der Waals surface area (Å²) in [6.45, 7) is 0. The van der Waals surface area contributed by atoms with Crippen molar-refractivity contribution in [2.75, 3.05) is 7.11 Å². The summed E-state index contributed by atoms with van der Waals surface area (Å²) in [6.07, 6.45) is 0. The fraction of sp³-hybridized carbons (Fsp3) is 0.143. The van der Waals surface area contributed by atoms with Gasteiger partial charge in [0.2, 0.25) is 0 Å². The zero-order valence-electron chi connectivity index (χ0n) is 7.31. The third-order valence-electron chi connectivity index (χ3n) is 1.13. The van der Waals surface area contributed by atoms with E-state index in [2.05, 4.69) is 9.99 Å². The van der Waals surface area contributed by atoms with Crippen molar-refractivity contribution in [3.8, 4) is 0 Å². The Bertz CT molecular complexity index is 297. The molecule has 0 aliphatic heterocycles. The zero-order valence-corrected chi connectivity index (χ0v) is 10.1. The van der Waals surface area contributed by atoms with Gasteiger partial charge in [-0.3, -0.25) is 0 Å². The maximum absolute atomic E-state index is 10.5. The van der Waals surface area contributed by atoms with E-state index in [0.29, 0.717) is 4.88 Å². The Morgan fingerprint density at radius 2 is 2.38 bits per heavy atom. The van der Waals surface area contributed by atoms with Crippen LogP contribution in [0.5, 0.6) is 0 Å². The fourth-order valence-electron chi connectivity index (χ4n) is 0.687. The van der Waals surface area contributed by atoms with E-state index >= 15 is 0 Å². The quantitative estimate of drug-likeness (QED) is 0.299. The number of hydrogen-bond donors (Lipinski definition) is 0. The molecule has 0 amide bonds. The van der Waals surface area contributed by atoms with Crippen LogP contribution in [0.1, 0.15) is 4.88 Å². The minimum atomic E-state index is -1.33. The number of oxime groups is 1. The van der Waals surface area contributed by atoms with E-state index in [1.165, 1.54) is 18.4 Å². The monoisotopic (exact) mass is 207 g/mol. The van der Waals surface area contributed by atoms with Gasteiger partial charge in [0, 0.05) is 0 Å². The van der Waals surface area contributed by atoms with E-state index in [1.807, 2.05) is 0 Å². The SMILES string of the molecule is CON=C(C(=O)[O-])c1cccs1.[Na+]. The number of carboxylic acid groups (broad SMARTS) is 1. The predicted octanol–water partition coefficient (Wildman–Crippen LogP) is -3.15. The first kappa shape index (κ1) is 12.6. The summed E-state index contributed by atoms with van der Waals surface area (Å²) in [5.41, 5.74) is -0.174. The minimum Gasteiger partial charge on any atom is -0.543 e. The molecular weight excluding hydrogens is 201 g/mol. The summed E-state index contributed by atoms with van der Waals surface area (Å²) in [5, 5.41) is 15.6. The van der Waals surface area contributed by atoms with Crippen molar-refractivity contribution in [3.63, 3.8) is 0 Å². The molecule has 0 fully saturated rings. The van der Waals surface area contributed by atoms with E-state index < -0.39 is 5.97 Å². The van der Waals surface area contributed by atoms with Crippen molar-refractivity contribution >= 4 is 23.0 Å². The van der Waals surface area contributed by atoms with Gasteiger partial charge in [-0.15, -0.1) is 11.3 Å². The average Bonchev–Trinajstić information content (AvgIpc) is 2.51. The van der Waals surface area contributed by atoms with Crippen LogP contribution in [-0.4, -0.2) is 18.8 Å². The first-order valence-electron chi connectivity index (χ1n) is 3.12. The maximum Gasteiger partial charge on any atom is 1.00 e. The number of carbonyl (C=O) groups excluding carboxylic acids is 1. The van der Waals surface area contributed by atoms with Gasteiger partial charge in [0.15, 0.2) is 0 Å². The molecule has 0 aromatic carbocycles. The van der Waals surface area contributed by atoms with Crippen LogP contribution in [0.2, 0.25) is 0 Å². The third-order valence-corrected chi connectivity index (χ3v) is 2.01. The van der Waals surface area contributed by atoms with Crippen LogP contribution < -0.4 is 34.7 Å². The molecule has 4 nitrogen and oxygen atoms in total. The molecule has 0 aliphatic carbocycles. The molecule has 0 radical (unpaired) electrons. The Kier molecular flexibility index (Phi) is 5.98. The molecular formula is C7H6NNaO3S. The molecule has 0 bridgehead atoms. The molecule has 0 unspecified atom stereocenters. The van der Waals surface area contributed by atoms with Gasteiger partial charge < -0.3 is 14.7 Å². The summed E-state index contributed by atoms with van der Waals surface area (Å²) in [4.78, 5) is 15.4. The van der Waals surface area contributed by atoms with Gasteiger partial charge in [0.05, 0.1) is 10.8 Å². The van der Waals surface area contributed by atoms with Crippen molar-refractivity contribution < 1.29 is 44.3 Å². The first-order valence-corrected chi connectivity index (χ1v) is 4.00. The fourth-order valence-corrected chi connectivity index (χ4v) is 1.38. The number of thiophene rings is 1. The topological polar surface area (TPSA) is 61.7 Å². The number of carbonyl (C=O) groups is 1. The van der Waals surface area contributed by atoms with Crippen LogP contribution in [0.4, 0.5) is 0 Å². The molecule has 1 aromatic heterocycles. The first-order chi connectivity index (χ1) is 5.75. The van der Waals surface area contributed by atoms with E-state index in [0.717, 1.165) is 0 Å². The average molecular weight is 207 g/mol. The molecule has 64 valence electrons. The van der Waals surface area contributed by atoms with Crippen molar-refractivity contribution in [1.29, 1.82) is 0 Å². The molecule has 1 aromatic rings. The molecule has 0 aliphatic rings. The second-order valence-electron chi connectivity index (χ2n) is 1.89. The molecule has 13 heavy (non-hydrogen) atoms. The van der Waals surface area contributed by atoms with Gasteiger partial charge in [-0.2, -0.15) is 0 Å². The van der Waals surface area contributed by atoms with Gasteiger partial charge in [-0.1, -0.05) is 11.2 Å². The van der Waals surface area contributed by atoms with Gasteiger partial charge in [-0.05, 0) is 11.4 Å². The molecule has 0 atom stereocenters. The van der Waals surface area contributed by atoms with E-state index in [9.17, 15) is 9.90 Å². The van der Waals surface area contributed by atoms with Crippen molar-refractivity contribution in [1.82, 2.24) is 0 Å². The second kappa shape index (κ2) is 6.15. The number of hydrogen-bond acceptors (Lipinski definition) is 5. The van der Waals surface area contributed by atoms with E-state index in [4.69, 9.17) is 0 Å². The predicted molar refractivity (Wildman–Crippen MR) is 42.9 cm³/mol.